The van der Waals surface area contributed by atoms with Crippen molar-refractivity contribution in [3.63, 3.8) is 0 Å². The predicted octanol–water partition coefficient (Wildman–Crippen LogP) is 13.9. The lowest BCUT2D eigenvalue weighted by molar-refractivity contribution is -0.138. The Morgan fingerprint density at radius 3 is 1.04 bits per heavy atom. The van der Waals surface area contributed by atoms with Crippen molar-refractivity contribution >= 4 is 76.0 Å². The molecule has 103 heavy (non-hydrogen) atoms. The molecule has 0 spiro atoms. The number of ether oxygens (including phenoxy) is 2. The molecular weight excluding hydrogens is 1350 g/mol. The lowest BCUT2D eigenvalue weighted by atomic mass is 10.0. The molecule has 0 bridgehead atoms. The van der Waals surface area contributed by atoms with Gasteiger partial charge in [0.05, 0.1) is 24.3 Å². The van der Waals surface area contributed by atoms with Gasteiger partial charge in [-0.1, -0.05) is 11.6 Å². The molecular formula is C75H84F6N8O14. The van der Waals surface area contributed by atoms with Crippen LogP contribution in [0.5, 0.6) is 0 Å². The molecule has 0 atom stereocenters. The molecule has 0 saturated carbocycles. The van der Waals surface area contributed by atoms with E-state index in [1.807, 2.05) is 98.2 Å². The maximum absolute atomic E-state index is 13.2. The number of benzene rings is 3. The molecule has 1 aliphatic rings. The van der Waals surface area contributed by atoms with Crippen LogP contribution in [-0.2, 0) is 59.1 Å². The number of aromatic nitrogens is 5. The Kier molecular flexibility index (Phi) is 29.4. The third-order valence-electron chi connectivity index (χ3n) is 16.6. The number of esters is 2. The Bertz CT molecular complexity index is 4590. The van der Waals surface area contributed by atoms with Gasteiger partial charge in [0.2, 0.25) is 5.78 Å². The number of Topliss-reactive ketones (excluding diaryl/α,β-unsaturated/α-hetero) is 3. The number of aliphatic carboxylic acids is 1. The van der Waals surface area contributed by atoms with Crippen LogP contribution in [0, 0.1) is 104 Å². The highest BCUT2D eigenvalue weighted by molar-refractivity contribution is 6.44. The number of hydrogen-bond donors (Lipinski definition) is 5. The molecule has 9 rings (SSSR count). The topological polar surface area (TPSA) is 290 Å². The molecule has 22 nitrogen and oxygen atoms in total. The number of anilines is 3. The molecule has 5 heterocycles. The fourth-order valence-corrected chi connectivity index (χ4v) is 11.1. The van der Waals surface area contributed by atoms with E-state index in [1.165, 1.54) is 53.8 Å². The predicted molar refractivity (Wildman–Crippen MR) is 375 cm³/mol. The number of hydrogen-bond acceptors (Lipinski definition) is 12. The molecule has 1 aliphatic carbocycles. The molecule has 3 aromatic carbocycles. The van der Waals surface area contributed by atoms with Gasteiger partial charge in [-0.3, -0.25) is 28.8 Å². The Balaban J connectivity index is 0.000000269. The van der Waals surface area contributed by atoms with Gasteiger partial charge in [-0.2, -0.15) is 0 Å². The van der Waals surface area contributed by atoms with Crippen molar-refractivity contribution in [2.75, 3.05) is 29.2 Å². The zero-order valence-corrected chi connectivity index (χ0v) is 60.9. The van der Waals surface area contributed by atoms with Crippen molar-refractivity contribution < 1.29 is 94.0 Å². The number of halogens is 6. The normalized spacial score (nSPS) is 11.1. The van der Waals surface area contributed by atoms with Crippen LogP contribution >= 0.6 is 0 Å². The number of nitrogens with one attached hydrogen (secondary N) is 3. The zero-order valence-electron chi connectivity index (χ0n) is 60.9. The average molecular weight is 1440 g/mol. The molecule has 5 N–H and O–H groups in total. The standard InChI is InChI=1S/C17H16F2N2O3.C16H14F2N2O4.C14H14F2N2O.C10H15NO2.C10H14O2.C8H11NO2/c1-8-14(16(23)10(3)22)9(2)21(4)15(8)17(24)20-11-5-6-12(18)13(19)7-11;1-7-12(14(21)16(23)24)8(2)20(3)13(7)15(22)19-9-4-5-10(17)11(18)6-9;1-8-6-9(2)18(3)13(8)14(19)17-10-4-5-11(15)12(16)7-10;1-5-13-10(12)9-7(2)6-8(3)11(9)4;1-4-12-10(11)9-6-7(2)5-8(9)3;1-5-4-6(2)9(3)7(5)8(10)11/h5-7H,1-4H3,(H,20,24);4-6H,1-3H3,(H,19,22)(H,23,24);4-7H,1-3H3,(H,17,19);6H,5H2,1-4H3;5H,4,6H2,1-3H3;4H,1-3H3,(H,10,11). The summed E-state index contributed by atoms with van der Waals surface area (Å²) in [5, 5.41) is 25.0. The Labute approximate surface area is 591 Å². The quantitative estimate of drug-likeness (QED) is 0.0276. The molecule has 3 amide bonds. The summed E-state index contributed by atoms with van der Waals surface area (Å²) in [6.07, 6.45) is 2.79. The number of ketones is 3. The van der Waals surface area contributed by atoms with E-state index in [0.717, 1.165) is 94.7 Å². The van der Waals surface area contributed by atoms with Crippen LogP contribution in [0.4, 0.5) is 43.4 Å². The molecule has 550 valence electrons. The molecule has 0 unspecified atom stereocenters. The second-order valence-electron chi connectivity index (χ2n) is 24.0. The molecule has 5 aromatic heterocycles. The molecule has 0 fully saturated rings. The second kappa shape index (κ2) is 36.2. The minimum absolute atomic E-state index is 0.0308. The monoisotopic (exact) mass is 1430 g/mol. The third kappa shape index (κ3) is 20.6. The number of aromatic carboxylic acids is 1. The number of nitrogens with zero attached hydrogens (tertiary/aromatic N) is 5. The van der Waals surface area contributed by atoms with Crippen LogP contribution in [0.15, 0.2) is 95.6 Å². The van der Waals surface area contributed by atoms with Gasteiger partial charge in [0.1, 0.15) is 28.5 Å². The highest BCUT2D eigenvalue weighted by atomic mass is 19.2. The average Bonchev–Trinajstić information content (AvgIpc) is 1.63. The fraction of sp³-hybridized carbons (Fsp3) is 0.307. The van der Waals surface area contributed by atoms with Gasteiger partial charge in [-0.15, -0.1) is 0 Å². The number of carbonyl (C=O) groups excluding carboxylic acids is 8. The molecule has 28 heteroatoms. The van der Waals surface area contributed by atoms with Crippen molar-refractivity contribution in [1.82, 2.24) is 22.8 Å². The van der Waals surface area contributed by atoms with Gasteiger partial charge in [0, 0.05) is 118 Å². The fourth-order valence-electron chi connectivity index (χ4n) is 11.1. The summed E-state index contributed by atoms with van der Waals surface area (Å²) in [4.78, 5) is 116. The lowest BCUT2D eigenvalue weighted by Gasteiger charge is -2.08. The summed E-state index contributed by atoms with van der Waals surface area (Å²) in [5.41, 5.74) is 12.3. The zero-order chi connectivity index (χ0) is 78.3. The summed E-state index contributed by atoms with van der Waals surface area (Å²) in [7, 11) is 8.49. The highest BCUT2D eigenvalue weighted by Gasteiger charge is 2.30. The van der Waals surface area contributed by atoms with Gasteiger partial charge in [0.15, 0.2) is 40.7 Å². The second-order valence-corrected chi connectivity index (χ2v) is 24.0. The van der Waals surface area contributed by atoms with Gasteiger partial charge in [-0.05, 0) is 185 Å². The van der Waals surface area contributed by atoms with Gasteiger partial charge in [0.25, 0.3) is 23.5 Å². The Hall–Kier alpha value is -11.6. The SMILES string of the molecule is CC(=O)C(=O)c1c(C)c(C(=O)Nc2ccc(F)c(F)c2)n(C)c1C.CCOC(=O)C1=C(C)C=C(C)C1.CCOC(=O)c1c(C)cc(C)n1C.Cc1c(C(=O)C(=O)O)c(C)n(C)c1C(=O)Nc1ccc(F)c(F)c1.Cc1cc(C)n(C)c1C(=O)Nc1ccc(F)c(F)c1.Cc1cc(C)n(C)c1C(=O)O. The maximum atomic E-state index is 13.2. The largest absolute Gasteiger partial charge is 0.477 e. The first-order valence-corrected chi connectivity index (χ1v) is 31.7. The van der Waals surface area contributed by atoms with Crippen LogP contribution < -0.4 is 16.0 Å². The first-order chi connectivity index (χ1) is 47.9. The molecule has 0 radical (unpaired) electrons. The van der Waals surface area contributed by atoms with Gasteiger partial charge < -0.3 is 58.5 Å². The van der Waals surface area contributed by atoms with Crippen LogP contribution in [0.1, 0.15) is 170 Å². The van der Waals surface area contributed by atoms with Gasteiger partial charge >= 0.3 is 23.9 Å². The van der Waals surface area contributed by atoms with Crippen molar-refractivity contribution in [1.29, 1.82) is 0 Å². The minimum atomic E-state index is -1.63. The van der Waals surface area contributed by atoms with E-state index in [4.69, 9.17) is 19.7 Å². The van der Waals surface area contributed by atoms with Crippen molar-refractivity contribution in [3.8, 4) is 0 Å². The van der Waals surface area contributed by atoms with Crippen LogP contribution in [0.25, 0.3) is 0 Å². The van der Waals surface area contributed by atoms with E-state index in [0.29, 0.717) is 47.2 Å². The summed E-state index contributed by atoms with van der Waals surface area (Å²) in [6.45, 7) is 27.1. The van der Waals surface area contributed by atoms with E-state index < -0.39 is 76.0 Å². The Morgan fingerprint density at radius 2 is 0.757 bits per heavy atom. The number of allylic oxidation sites excluding steroid dienone is 3. The van der Waals surface area contributed by atoms with Gasteiger partial charge in [-0.25, -0.2) is 45.5 Å². The summed E-state index contributed by atoms with van der Waals surface area (Å²) < 4.78 is 96.2. The highest BCUT2D eigenvalue weighted by Crippen LogP contribution is 2.28. The summed E-state index contributed by atoms with van der Waals surface area (Å²) in [5.74, 6) is -13.1. The number of rotatable bonds is 15. The van der Waals surface area contributed by atoms with Crippen LogP contribution in [-0.4, -0.2) is 105 Å². The Morgan fingerprint density at radius 1 is 0.427 bits per heavy atom. The summed E-state index contributed by atoms with van der Waals surface area (Å²) >= 11 is 0. The number of aryl methyl sites for hydroxylation is 6. The number of carboxylic acids is 2. The summed E-state index contributed by atoms with van der Waals surface area (Å²) in [6, 6.07) is 14.9. The molecule has 0 saturated heterocycles. The van der Waals surface area contributed by atoms with Crippen molar-refractivity contribution in [2.45, 2.75) is 110 Å². The lowest BCUT2D eigenvalue weighted by Crippen LogP contribution is -2.17. The van der Waals surface area contributed by atoms with E-state index >= 15 is 0 Å². The first kappa shape index (κ1) is 83.8. The van der Waals surface area contributed by atoms with Crippen LogP contribution in [0.3, 0.4) is 0 Å². The van der Waals surface area contributed by atoms with E-state index in [2.05, 4.69) is 16.0 Å². The number of carboxylic acid groups (broad SMARTS) is 2. The van der Waals surface area contributed by atoms with E-state index in [9.17, 15) is 74.3 Å². The molecule has 8 aromatic rings. The van der Waals surface area contributed by atoms with E-state index in [-0.39, 0.29) is 63.0 Å². The van der Waals surface area contributed by atoms with Crippen LogP contribution in [0.2, 0.25) is 0 Å². The maximum Gasteiger partial charge on any atom is 0.377 e. The first-order valence-electron chi connectivity index (χ1n) is 31.7. The molecule has 0 aliphatic heterocycles. The van der Waals surface area contributed by atoms with Crippen molar-refractivity contribution in [3.05, 3.63) is 226 Å². The van der Waals surface area contributed by atoms with Crippen molar-refractivity contribution in [2.24, 2.45) is 35.2 Å². The third-order valence-corrected chi connectivity index (χ3v) is 16.6. The minimum Gasteiger partial charge on any atom is -0.477 e. The van der Waals surface area contributed by atoms with E-state index in [1.54, 1.807) is 51.0 Å². The number of carbonyl (C=O) groups is 10. The number of amides is 3. The smallest absolute Gasteiger partial charge is 0.377 e.